The molecule has 10 nitrogen and oxygen atoms in total. The number of hydrogen-bond acceptors (Lipinski definition) is 7. The minimum absolute atomic E-state index is 0.304. The van der Waals surface area contributed by atoms with Crippen LogP contribution in [0.1, 0.15) is 6.23 Å². The average Bonchev–Trinajstić information content (AvgIpc) is 2.60. The fourth-order valence-corrected chi connectivity index (χ4v) is 2.87. The average molecular weight is 358 g/mol. The van der Waals surface area contributed by atoms with Crippen LogP contribution in [-0.2, 0) is 13.8 Å². The molecular formula is C9H12FN2O8PS. The van der Waals surface area contributed by atoms with Crippen LogP contribution in [0.3, 0.4) is 0 Å². The van der Waals surface area contributed by atoms with E-state index in [2.05, 4.69) is 9.51 Å². The zero-order chi connectivity index (χ0) is 16.7. The summed E-state index contributed by atoms with van der Waals surface area (Å²) in [4.78, 5) is 30.8. The van der Waals surface area contributed by atoms with E-state index in [1.807, 2.05) is 0 Å². The molecule has 13 heteroatoms. The van der Waals surface area contributed by atoms with Crippen LogP contribution in [0.5, 0.6) is 0 Å². The van der Waals surface area contributed by atoms with Crippen LogP contribution in [0.15, 0.2) is 17.1 Å². The quantitative estimate of drug-likeness (QED) is 0.334. The Kier molecular flexibility index (Phi) is 4.66. The molecule has 0 radical (unpaired) electrons. The van der Waals surface area contributed by atoms with Gasteiger partial charge in [0.2, 0.25) is 0 Å². The van der Waals surface area contributed by atoms with Gasteiger partial charge in [0.05, 0.1) is 6.61 Å². The summed E-state index contributed by atoms with van der Waals surface area (Å²) in [5, 5.41) is 19.0. The molecule has 0 unspecified atom stereocenters. The number of ether oxygens (including phenoxy) is 1. The van der Waals surface area contributed by atoms with Crippen LogP contribution >= 0.6 is 20.0 Å². The molecule has 22 heavy (non-hydrogen) atoms. The second kappa shape index (κ2) is 5.91. The van der Waals surface area contributed by atoms with Gasteiger partial charge in [0, 0.05) is 12.3 Å². The Bertz CT molecular complexity index is 714. The standard InChI is InChI=1S/C9H12FN2O8PS/c10-9(15)6(20-21(16,17)18)4(3-13)19-7(9)12-2-1-5(14)11-8(12)22/h1-2,4,6-7,13,15H,3H2,(H,11,14,22)(H2,16,17,18)/t4-,6-,7-,9-/m1/s1. The van der Waals surface area contributed by atoms with Crippen LogP contribution in [-0.4, -0.2) is 54.2 Å². The highest BCUT2D eigenvalue weighted by Crippen LogP contribution is 2.48. The Labute approximate surface area is 127 Å². The van der Waals surface area contributed by atoms with Crippen molar-refractivity contribution < 1.29 is 38.2 Å². The number of phosphoric acid groups is 1. The van der Waals surface area contributed by atoms with Crippen molar-refractivity contribution in [2.24, 2.45) is 0 Å². The summed E-state index contributed by atoms with van der Waals surface area (Å²) in [6, 6.07) is 0.973. The number of alkyl halides is 1. The molecule has 5 N–H and O–H groups in total. The summed E-state index contributed by atoms with van der Waals surface area (Å²) in [7, 11) is -5.17. The van der Waals surface area contributed by atoms with Crippen molar-refractivity contribution in [1.82, 2.24) is 9.55 Å². The zero-order valence-electron chi connectivity index (χ0n) is 10.7. The Morgan fingerprint density at radius 3 is 2.73 bits per heavy atom. The number of nitrogens with zero attached hydrogens (tertiary/aromatic N) is 1. The van der Waals surface area contributed by atoms with Gasteiger partial charge in [-0.3, -0.25) is 18.9 Å². The fourth-order valence-electron chi connectivity index (χ4n) is 2.03. The van der Waals surface area contributed by atoms with Gasteiger partial charge in [-0.05, 0) is 12.2 Å². The van der Waals surface area contributed by atoms with Crippen molar-refractivity contribution in [2.45, 2.75) is 24.3 Å². The molecule has 1 aromatic heterocycles. The topological polar surface area (TPSA) is 154 Å². The Hall–Kier alpha value is -0.980. The Morgan fingerprint density at radius 2 is 2.23 bits per heavy atom. The molecule has 0 bridgehead atoms. The number of H-pyrrole nitrogens is 1. The van der Waals surface area contributed by atoms with Gasteiger partial charge in [0.15, 0.2) is 17.1 Å². The largest absolute Gasteiger partial charge is 0.470 e. The van der Waals surface area contributed by atoms with Gasteiger partial charge >= 0.3 is 7.82 Å². The summed E-state index contributed by atoms with van der Waals surface area (Å²) in [6.45, 7) is -0.885. The highest BCUT2D eigenvalue weighted by Gasteiger charge is 2.60. The van der Waals surface area contributed by atoms with Gasteiger partial charge in [-0.25, -0.2) is 8.96 Å². The third-order valence-electron chi connectivity index (χ3n) is 2.92. The maximum atomic E-state index is 14.6. The van der Waals surface area contributed by atoms with E-state index in [0.29, 0.717) is 0 Å². The van der Waals surface area contributed by atoms with Crippen molar-refractivity contribution >= 4 is 20.0 Å². The molecule has 1 saturated heterocycles. The van der Waals surface area contributed by atoms with E-state index in [4.69, 9.17) is 31.8 Å². The maximum Gasteiger partial charge on any atom is 0.470 e. The van der Waals surface area contributed by atoms with Crippen molar-refractivity contribution in [3.05, 3.63) is 27.4 Å². The molecule has 1 fully saturated rings. The van der Waals surface area contributed by atoms with E-state index >= 15 is 0 Å². The highest BCUT2D eigenvalue weighted by molar-refractivity contribution is 7.71. The number of aromatic nitrogens is 2. The van der Waals surface area contributed by atoms with Crippen LogP contribution in [0, 0.1) is 4.77 Å². The molecule has 2 heterocycles. The van der Waals surface area contributed by atoms with Gasteiger partial charge < -0.3 is 24.7 Å². The van der Waals surface area contributed by atoms with Crippen molar-refractivity contribution in [3.63, 3.8) is 0 Å². The van der Waals surface area contributed by atoms with Crippen LogP contribution < -0.4 is 5.56 Å². The first-order valence-corrected chi connectivity index (χ1v) is 7.73. The van der Waals surface area contributed by atoms with E-state index < -0.39 is 44.3 Å². The van der Waals surface area contributed by atoms with E-state index in [1.54, 1.807) is 0 Å². The molecule has 4 atom stereocenters. The third-order valence-corrected chi connectivity index (χ3v) is 3.74. The fraction of sp³-hybridized carbons (Fsp3) is 0.556. The molecule has 2 rings (SSSR count). The number of phosphoric ester groups is 1. The summed E-state index contributed by atoms with van der Waals surface area (Å²) >= 11 is 4.79. The predicted octanol–water partition coefficient (Wildman–Crippen LogP) is -1.07. The lowest BCUT2D eigenvalue weighted by atomic mass is 10.1. The van der Waals surface area contributed by atoms with Crippen molar-refractivity contribution in [3.8, 4) is 0 Å². The smallest absolute Gasteiger partial charge is 0.394 e. The molecule has 0 aromatic carbocycles. The zero-order valence-corrected chi connectivity index (χ0v) is 12.4. The number of aliphatic hydroxyl groups is 2. The maximum absolute atomic E-state index is 14.6. The number of rotatable bonds is 4. The summed E-state index contributed by atoms with van der Waals surface area (Å²) in [6.07, 6.45) is -4.60. The Balaban J connectivity index is 2.44. The second-order valence-corrected chi connectivity index (χ2v) is 6.05. The molecule has 0 aliphatic carbocycles. The summed E-state index contributed by atoms with van der Waals surface area (Å²) in [5.74, 6) is -3.43. The first-order valence-electron chi connectivity index (χ1n) is 5.79. The first-order chi connectivity index (χ1) is 10.1. The van der Waals surface area contributed by atoms with Crippen LogP contribution in [0.25, 0.3) is 0 Å². The van der Waals surface area contributed by atoms with E-state index in [0.717, 1.165) is 16.8 Å². The number of hydrogen-bond donors (Lipinski definition) is 5. The lowest BCUT2D eigenvalue weighted by Gasteiger charge is -2.26. The minimum atomic E-state index is -5.17. The summed E-state index contributed by atoms with van der Waals surface area (Å²) < 4.78 is 35.1. The van der Waals surface area contributed by atoms with Gasteiger partial charge in [-0.15, -0.1) is 0 Å². The van der Waals surface area contributed by atoms with Crippen molar-refractivity contribution in [1.29, 1.82) is 0 Å². The summed E-state index contributed by atoms with van der Waals surface area (Å²) in [5.41, 5.74) is -0.580. The molecule has 0 spiro atoms. The second-order valence-electron chi connectivity index (χ2n) is 4.47. The lowest BCUT2D eigenvalue weighted by Crippen LogP contribution is -2.44. The SMILES string of the molecule is O=c1ccn([C@@H]2O[C@H](CO)[C@@H](OP(=O)(O)O)[C@]2(O)F)c(=S)[nH]1. The molecule has 0 saturated carbocycles. The molecule has 1 aliphatic heterocycles. The Morgan fingerprint density at radius 1 is 1.59 bits per heavy atom. The predicted molar refractivity (Wildman–Crippen MR) is 69.9 cm³/mol. The van der Waals surface area contributed by atoms with E-state index in [9.17, 15) is 18.9 Å². The van der Waals surface area contributed by atoms with Gasteiger partial charge in [-0.2, -0.15) is 0 Å². The van der Waals surface area contributed by atoms with Gasteiger partial charge in [0.1, 0.15) is 6.10 Å². The molecule has 0 amide bonds. The molecule has 1 aliphatic rings. The van der Waals surface area contributed by atoms with Gasteiger partial charge in [-0.1, -0.05) is 0 Å². The highest BCUT2D eigenvalue weighted by atomic mass is 32.1. The normalized spacial score (nSPS) is 32.3. The minimum Gasteiger partial charge on any atom is -0.394 e. The molecule has 124 valence electrons. The monoisotopic (exact) mass is 358 g/mol. The van der Waals surface area contributed by atoms with Crippen molar-refractivity contribution in [2.75, 3.05) is 6.61 Å². The van der Waals surface area contributed by atoms with Gasteiger partial charge in [0.25, 0.3) is 11.4 Å². The number of nitrogens with one attached hydrogen (secondary N) is 1. The number of aliphatic hydroxyl groups excluding tert-OH is 1. The van der Waals surface area contributed by atoms with E-state index in [1.165, 1.54) is 0 Å². The molecular weight excluding hydrogens is 346 g/mol. The molecule has 1 aromatic rings. The lowest BCUT2D eigenvalue weighted by molar-refractivity contribution is -0.194. The first kappa shape index (κ1) is 17.4. The van der Waals surface area contributed by atoms with E-state index in [-0.39, 0.29) is 4.77 Å². The van der Waals surface area contributed by atoms with Crippen LogP contribution in [0.4, 0.5) is 4.39 Å². The van der Waals surface area contributed by atoms with Crippen LogP contribution in [0.2, 0.25) is 0 Å². The third kappa shape index (κ3) is 3.34. The number of aromatic amines is 1. The number of halogens is 1.